The van der Waals surface area contributed by atoms with E-state index in [9.17, 15) is 4.79 Å². The maximum atomic E-state index is 12.4. The quantitative estimate of drug-likeness (QED) is 0.797. The molecule has 1 amide bonds. The first kappa shape index (κ1) is 19.0. The standard InChI is InChI=1S/C21H28N2O2/c1-16(2)23(20-8-6-5-7-17(20)3)14-21(24)22-13-18-9-11-19(12-10-18)15-25-4/h5-12,16H,13-15H2,1-4H3,(H,22,24). The van der Waals surface area contributed by atoms with Gasteiger partial charge < -0.3 is 15.0 Å². The van der Waals surface area contributed by atoms with Crippen molar-refractivity contribution in [3.05, 3.63) is 65.2 Å². The number of benzene rings is 2. The molecule has 134 valence electrons. The van der Waals surface area contributed by atoms with E-state index in [4.69, 9.17) is 4.74 Å². The number of ether oxygens (including phenoxy) is 1. The van der Waals surface area contributed by atoms with Crippen molar-refractivity contribution in [1.82, 2.24) is 5.32 Å². The van der Waals surface area contributed by atoms with Crippen molar-refractivity contribution in [3.63, 3.8) is 0 Å². The average molecular weight is 340 g/mol. The van der Waals surface area contributed by atoms with Crippen molar-refractivity contribution in [2.45, 2.75) is 40.0 Å². The van der Waals surface area contributed by atoms with Gasteiger partial charge in [-0.15, -0.1) is 0 Å². The van der Waals surface area contributed by atoms with E-state index in [1.165, 1.54) is 5.56 Å². The monoisotopic (exact) mass is 340 g/mol. The molecule has 0 aromatic heterocycles. The summed E-state index contributed by atoms with van der Waals surface area (Å²) in [5, 5.41) is 3.01. The summed E-state index contributed by atoms with van der Waals surface area (Å²) in [5.41, 5.74) is 4.50. The molecule has 0 saturated carbocycles. The highest BCUT2D eigenvalue weighted by Gasteiger charge is 2.16. The lowest BCUT2D eigenvalue weighted by atomic mass is 10.1. The van der Waals surface area contributed by atoms with Gasteiger partial charge in [0.2, 0.25) is 5.91 Å². The van der Waals surface area contributed by atoms with Crippen LogP contribution in [-0.2, 0) is 22.7 Å². The van der Waals surface area contributed by atoms with Crippen molar-refractivity contribution in [1.29, 1.82) is 0 Å². The zero-order valence-electron chi connectivity index (χ0n) is 15.6. The van der Waals surface area contributed by atoms with Crippen LogP contribution in [0.2, 0.25) is 0 Å². The van der Waals surface area contributed by atoms with Crippen molar-refractivity contribution < 1.29 is 9.53 Å². The minimum absolute atomic E-state index is 0.0259. The van der Waals surface area contributed by atoms with Crippen LogP contribution >= 0.6 is 0 Å². The van der Waals surface area contributed by atoms with Crippen molar-refractivity contribution >= 4 is 11.6 Å². The third-order valence-electron chi connectivity index (χ3n) is 4.19. The van der Waals surface area contributed by atoms with Crippen molar-refractivity contribution in [3.8, 4) is 0 Å². The summed E-state index contributed by atoms with van der Waals surface area (Å²) in [6.45, 7) is 7.77. The second-order valence-electron chi connectivity index (χ2n) is 6.53. The Hall–Kier alpha value is -2.33. The Balaban J connectivity index is 1.94. The predicted molar refractivity (Wildman–Crippen MR) is 103 cm³/mol. The van der Waals surface area contributed by atoms with Gasteiger partial charge in [-0.2, -0.15) is 0 Å². The molecule has 0 atom stereocenters. The van der Waals surface area contributed by atoms with Gasteiger partial charge in [0.05, 0.1) is 13.2 Å². The van der Waals surface area contributed by atoms with Crippen molar-refractivity contribution in [2.75, 3.05) is 18.6 Å². The predicted octanol–water partition coefficient (Wildman–Crippen LogP) is 3.67. The molecule has 4 nitrogen and oxygen atoms in total. The van der Waals surface area contributed by atoms with E-state index in [2.05, 4.69) is 43.1 Å². The van der Waals surface area contributed by atoms with E-state index in [-0.39, 0.29) is 11.9 Å². The number of amides is 1. The first-order chi connectivity index (χ1) is 12.0. The number of para-hydroxylation sites is 1. The molecular formula is C21H28N2O2. The lowest BCUT2D eigenvalue weighted by Gasteiger charge is -2.29. The third-order valence-corrected chi connectivity index (χ3v) is 4.19. The van der Waals surface area contributed by atoms with E-state index in [1.54, 1.807) is 7.11 Å². The Morgan fingerprint density at radius 1 is 1.08 bits per heavy atom. The molecule has 0 unspecified atom stereocenters. The molecule has 2 aromatic rings. The zero-order chi connectivity index (χ0) is 18.2. The molecule has 1 N–H and O–H groups in total. The average Bonchev–Trinajstić information content (AvgIpc) is 2.60. The summed E-state index contributed by atoms with van der Waals surface area (Å²) in [7, 11) is 1.68. The number of hydrogen-bond donors (Lipinski definition) is 1. The molecule has 2 aromatic carbocycles. The second kappa shape index (κ2) is 9.23. The topological polar surface area (TPSA) is 41.6 Å². The molecule has 0 aliphatic heterocycles. The van der Waals surface area contributed by atoms with Gasteiger partial charge in [0.15, 0.2) is 0 Å². The van der Waals surface area contributed by atoms with Crippen LogP contribution in [0.3, 0.4) is 0 Å². The van der Waals surface area contributed by atoms with E-state index in [0.717, 1.165) is 16.8 Å². The zero-order valence-corrected chi connectivity index (χ0v) is 15.6. The molecule has 0 heterocycles. The fraction of sp³-hybridized carbons (Fsp3) is 0.381. The van der Waals surface area contributed by atoms with E-state index >= 15 is 0 Å². The lowest BCUT2D eigenvalue weighted by molar-refractivity contribution is -0.120. The highest BCUT2D eigenvalue weighted by Crippen LogP contribution is 2.21. The van der Waals surface area contributed by atoms with E-state index in [1.807, 2.05) is 36.4 Å². The summed E-state index contributed by atoms with van der Waals surface area (Å²) in [6.07, 6.45) is 0. The van der Waals surface area contributed by atoms with Crippen LogP contribution in [-0.4, -0.2) is 25.6 Å². The Bertz CT molecular complexity index is 681. The van der Waals surface area contributed by atoms with Crippen LogP contribution in [0, 0.1) is 6.92 Å². The van der Waals surface area contributed by atoms with Crippen molar-refractivity contribution in [2.24, 2.45) is 0 Å². The summed E-state index contributed by atoms with van der Waals surface area (Å²) < 4.78 is 5.11. The van der Waals surface area contributed by atoms with E-state index in [0.29, 0.717) is 19.7 Å². The van der Waals surface area contributed by atoms with Gasteiger partial charge in [-0.25, -0.2) is 0 Å². The smallest absolute Gasteiger partial charge is 0.239 e. The van der Waals surface area contributed by atoms with Crippen LogP contribution in [0.25, 0.3) is 0 Å². The molecule has 0 saturated heterocycles. The Morgan fingerprint density at radius 3 is 2.32 bits per heavy atom. The fourth-order valence-corrected chi connectivity index (χ4v) is 2.76. The first-order valence-electron chi connectivity index (χ1n) is 8.67. The third kappa shape index (κ3) is 5.61. The van der Waals surface area contributed by atoms with Crippen LogP contribution < -0.4 is 10.2 Å². The van der Waals surface area contributed by atoms with Gasteiger partial charge in [0, 0.05) is 25.4 Å². The van der Waals surface area contributed by atoms with Crippen LogP contribution in [0.4, 0.5) is 5.69 Å². The number of anilines is 1. The molecule has 0 aliphatic carbocycles. The van der Waals surface area contributed by atoms with Gasteiger partial charge >= 0.3 is 0 Å². The summed E-state index contributed by atoms with van der Waals surface area (Å²) in [6, 6.07) is 16.5. The second-order valence-corrected chi connectivity index (χ2v) is 6.53. The lowest BCUT2D eigenvalue weighted by Crippen LogP contribution is -2.41. The number of nitrogens with zero attached hydrogens (tertiary/aromatic N) is 1. The highest BCUT2D eigenvalue weighted by molar-refractivity contribution is 5.81. The van der Waals surface area contributed by atoms with Gasteiger partial charge in [-0.1, -0.05) is 42.5 Å². The van der Waals surface area contributed by atoms with Crippen LogP contribution in [0.5, 0.6) is 0 Å². The van der Waals surface area contributed by atoms with Crippen LogP contribution in [0.1, 0.15) is 30.5 Å². The normalized spacial score (nSPS) is 10.8. The summed E-state index contributed by atoms with van der Waals surface area (Å²) in [5.74, 6) is 0.0259. The number of rotatable bonds is 8. The Morgan fingerprint density at radius 2 is 1.72 bits per heavy atom. The summed E-state index contributed by atoms with van der Waals surface area (Å²) >= 11 is 0. The number of aryl methyl sites for hydroxylation is 1. The number of carbonyl (C=O) groups is 1. The molecule has 0 spiro atoms. The number of hydrogen-bond acceptors (Lipinski definition) is 3. The molecule has 0 bridgehead atoms. The largest absolute Gasteiger partial charge is 0.380 e. The number of carbonyl (C=O) groups excluding carboxylic acids is 1. The maximum Gasteiger partial charge on any atom is 0.239 e. The number of methoxy groups -OCH3 is 1. The number of nitrogens with one attached hydrogen (secondary N) is 1. The van der Waals surface area contributed by atoms with Gasteiger partial charge in [-0.05, 0) is 43.5 Å². The SMILES string of the molecule is COCc1ccc(CNC(=O)CN(c2ccccc2C)C(C)C)cc1. The molecule has 2 rings (SSSR count). The first-order valence-corrected chi connectivity index (χ1v) is 8.67. The maximum absolute atomic E-state index is 12.4. The summed E-state index contributed by atoms with van der Waals surface area (Å²) in [4.78, 5) is 14.5. The Labute approximate surface area is 150 Å². The molecule has 0 fully saturated rings. The molecule has 0 aliphatic rings. The van der Waals surface area contributed by atoms with Gasteiger partial charge in [0.1, 0.15) is 0 Å². The molecular weight excluding hydrogens is 312 g/mol. The minimum Gasteiger partial charge on any atom is -0.380 e. The molecule has 4 heteroatoms. The van der Waals surface area contributed by atoms with E-state index < -0.39 is 0 Å². The Kier molecular flexibility index (Phi) is 7.02. The molecule has 25 heavy (non-hydrogen) atoms. The van der Waals surface area contributed by atoms with Crippen LogP contribution in [0.15, 0.2) is 48.5 Å². The molecule has 0 radical (unpaired) electrons. The van der Waals surface area contributed by atoms with Gasteiger partial charge in [0.25, 0.3) is 0 Å². The highest BCUT2D eigenvalue weighted by atomic mass is 16.5. The fourth-order valence-electron chi connectivity index (χ4n) is 2.76. The minimum atomic E-state index is 0.0259. The van der Waals surface area contributed by atoms with Gasteiger partial charge in [-0.3, -0.25) is 4.79 Å².